The standard InChI is InChI=1S/C46H54N12O9/c47-24-28-22-30-26-53-58(41(30)52-25-28)38-23-36(54-31-8-9-31)34(27-51-38)43(61)55-32-6-4-29(5-7-32)42(60)50-15-19-65-16-12-48-13-17-66-20-21-67-18-14-49-35-3-1-2-33-40(35)46(64)57(45(33)63)37-10-11-39(59)56-44(37)62/h1-3,22-23,25-27,29,31-32,37,48-49H,4-21H2,(H,50,60)(H,51,54)(H,55,61)(H,56,59,62)/t29-,32-,37?. The van der Waals surface area contributed by atoms with E-state index < -0.39 is 29.7 Å². The second-order valence-electron chi connectivity index (χ2n) is 16.8. The van der Waals surface area contributed by atoms with Crippen LogP contribution in [0.5, 0.6) is 0 Å². The normalized spacial score (nSPS) is 19.2. The zero-order chi connectivity index (χ0) is 46.7. The van der Waals surface area contributed by atoms with Crippen LogP contribution in [0.2, 0.25) is 0 Å². The van der Waals surface area contributed by atoms with Crippen molar-refractivity contribution in [1.29, 1.82) is 5.26 Å². The van der Waals surface area contributed by atoms with Crippen LogP contribution in [-0.2, 0) is 28.6 Å². The van der Waals surface area contributed by atoms with Gasteiger partial charge >= 0.3 is 0 Å². The summed E-state index contributed by atoms with van der Waals surface area (Å²) in [4.78, 5) is 86.5. The Labute approximate surface area is 386 Å². The molecular weight excluding hydrogens is 865 g/mol. The summed E-state index contributed by atoms with van der Waals surface area (Å²) in [6, 6.07) is 9.73. The molecule has 3 fully saturated rings. The number of nitrogens with one attached hydrogen (secondary N) is 6. The first-order valence-electron chi connectivity index (χ1n) is 22.8. The average Bonchev–Trinajstić information content (AvgIpc) is 3.99. The van der Waals surface area contributed by atoms with E-state index in [1.54, 1.807) is 47.4 Å². The van der Waals surface area contributed by atoms with Crippen LogP contribution in [-0.4, -0.2) is 144 Å². The predicted molar refractivity (Wildman–Crippen MR) is 241 cm³/mol. The van der Waals surface area contributed by atoms with Gasteiger partial charge in [-0.3, -0.25) is 39.0 Å². The number of nitriles is 1. The molecule has 1 aromatic carbocycles. The first-order valence-corrected chi connectivity index (χ1v) is 22.8. The van der Waals surface area contributed by atoms with Crippen molar-refractivity contribution in [2.24, 2.45) is 5.92 Å². The Morgan fingerprint density at radius 1 is 0.791 bits per heavy atom. The van der Waals surface area contributed by atoms with Gasteiger partial charge in [-0.25, -0.2) is 9.97 Å². The molecule has 1 unspecified atom stereocenters. The Hall–Kier alpha value is -6.86. The number of pyridine rings is 2. The van der Waals surface area contributed by atoms with Crippen molar-refractivity contribution in [3.05, 3.63) is 71.2 Å². The molecule has 6 amide bonds. The van der Waals surface area contributed by atoms with Crippen LogP contribution < -0.4 is 31.9 Å². The number of ether oxygens (including phenoxy) is 3. The maximum atomic E-state index is 13.5. The number of fused-ring (bicyclic) bond motifs is 2. The first-order chi connectivity index (χ1) is 32.7. The van der Waals surface area contributed by atoms with Gasteiger partial charge in [0.15, 0.2) is 11.5 Å². The molecule has 67 heavy (non-hydrogen) atoms. The molecular formula is C46H54N12O9. The molecule has 0 radical (unpaired) electrons. The van der Waals surface area contributed by atoms with Crippen LogP contribution in [0.3, 0.4) is 0 Å². The number of piperidine rings is 1. The minimum atomic E-state index is -1.02. The van der Waals surface area contributed by atoms with Gasteiger partial charge in [0, 0.05) is 80.1 Å². The summed E-state index contributed by atoms with van der Waals surface area (Å²) in [5, 5.41) is 32.6. The number of imide groups is 2. The number of hydrogen-bond acceptors (Lipinski definition) is 16. The number of benzene rings is 1. The zero-order valence-electron chi connectivity index (χ0n) is 37.0. The lowest BCUT2D eigenvalue weighted by atomic mass is 9.85. The first kappa shape index (κ1) is 46.7. The molecule has 21 heteroatoms. The molecule has 1 saturated heterocycles. The SMILES string of the molecule is N#Cc1cnc2c(cnn2-c2cc(NC3CC3)c(C(=O)N[C@H]3CC[C@H](C(=O)NCCOCCNCCOCCOCCNc4cccc5c4C(=O)N(C4CCC(=O)NC4=O)C5=O)CC3)cn2)c1. The summed E-state index contributed by atoms with van der Waals surface area (Å²) in [6.45, 7) is 4.49. The van der Waals surface area contributed by atoms with Gasteiger partial charge in [-0.1, -0.05) is 6.07 Å². The third kappa shape index (κ3) is 11.6. The van der Waals surface area contributed by atoms with E-state index in [4.69, 9.17) is 14.2 Å². The third-order valence-corrected chi connectivity index (χ3v) is 12.1. The van der Waals surface area contributed by atoms with E-state index in [-0.39, 0.29) is 47.7 Å². The largest absolute Gasteiger partial charge is 0.382 e. The van der Waals surface area contributed by atoms with E-state index in [9.17, 15) is 34.0 Å². The maximum absolute atomic E-state index is 13.5. The number of hydrogen-bond donors (Lipinski definition) is 6. The summed E-state index contributed by atoms with van der Waals surface area (Å²) >= 11 is 0. The molecule has 2 aliphatic carbocycles. The highest BCUT2D eigenvalue weighted by Gasteiger charge is 2.45. The number of amides is 6. The molecule has 8 rings (SSSR count). The molecule has 2 aliphatic heterocycles. The van der Waals surface area contributed by atoms with Crippen LogP contribution in [0.4, 0.5) is 11.4 Å². The van der Waals surface area contributed by atoms with Crippen molar-refractivity contribution in [2.45, 2.75) is 69.5 Å². The summed E-state index contributed by atoms with van der Waals surface area (Å²) in [6.07, 6.45) is 9.60. The Bertz CT molecular complexity index is 2530. The van der Waals surface area contributed by atoms with Crippen LogP contribution in [0.1, 0.15) is 88.0 Å². The second kappa shape index (κ2) is 22.1. The number of rotatable bonds is 23. The van der Waals surface area contributed by atoms with E-state index in [0.29, 0.717) is 137 Å². The monoisotopic (exact) mass is 918 g/mol. The zero-order valence-corrected chi connectivity index (χ0v) is 37.0. The van der Waals surface area contributed by atoms with Crippen molar-refractivity contribution in [3.63, 3.8) is 0 Å². The summed E-state index contributed by atoms with van der Waals surface area (Å²) in [5.74, 6) is -2.04. The smallest absolute Gasteiger partial charge is 0.264 e. The van der Waals surface area contributed by atoms with Gasteiger partial charge in [0.2, 0.25) is 17.7 Å². The van der Waals surface area contributed by atoms with Crippen LogP contribution in [0, 0.1) is 17.2 Å². The highest BCUT2D eigenvalue weighted by Crippen LogP contribution is 2.33. The van der Waals surface area contributed by atoms with Crippen LogP contribution >= 0.6 is 0 Å². The van der Waals surface area contributed by atoms with Gasteiger partial charge in [0.1, 0.15) is 12.1 Å². The Balaban J connectivity index is 0.637. The molecule has 2 saturated carbocycles. The van der Waals surface area contributed by atoms with Gasteiger partial charge in [0.05, 0.1) is 73.8 Å². The number of carbonyl (C=O) groups excluding carboxylic acids is 6. The molecule has 0 spiro atoms. The Morgan fingerprint density at radius 2 is 1.52 bits per heavy atom. The van der Waals surface area contributed by atoms with E-state index >= 15 is 0 Å². The van der Waals surface area contributed by atoms with E-state index in [1.165, 1.54) is 6.20 Å². The molecule has 6 N–H and O–H groups in total. The average molecular weight is 919 g/mol. The Kier molecular flexibility index (Phi) is 15.4. The maximum Gasteiger partial charge on any atom is 0.264 e. The van der Waals surface area contributed by atoms with Crippen molar-refractivity contribution in [2.75, 3.05) is 76.5 Å². The van der Waals surface area contributed by atoms with E-state index in [1.807, 2.05) is 0 Å². The van der Waals surface area contributed by atoms with Crippen molar-refractivity contribution in [1.82, 2.24) is 45.9 Å². The molecule has 5 heterocycles. The highest BCUT2D eigenvalue weighted by molar-refractivity contribution is 6.25. The predicted octanol–water partition coefficient (Wildman–Crippen LogP) is 1.82. The summed E-state index contributed by atoms with van der Waals surface area (Å²) in [5.41, 5.74) is 3.00. The van der Waals surface area contributed by atoms with Crippen LogP contribution in [0.15, 0.2) is 48.9 Å². The minimum Gasteiger partial charge on any atom is -0.382 e. The molecule has 3 aromatic heterocycles. The van der Waals surface area contributed by atoms with Gasteiger partial charge in [-0.15, -0.1) is 0 Å². The molecule has 1 atom stereocenters. The van der Waals surface area contributed by atoms with Crippen LogP contribution in [0.25, 0.3) is 16.9 Å². The Morgan fingerprint density at radius 3 is 2.27 bits per heavy atom. The lowest BCUT2D eigenvalue weighted by molar-refractivity contribution is -0.136. The molecule has 4 aliphatic rings. The van der Waals surface area contributed by atoms with E-state index in [2.05, 4.69) is 53.0 Å². The van der Waals surface area contributed by atoms with Gasteiger partial charge in [-0.2, -0.15) is 15.0 Å². The van der Waals surface area contributed by atoms with Crippen molar-refractivity contribution in [3.8, 4) is 11.9 Å². The number of carbonyl (C=O) groups is 6. The molecule has 0 bridgehead atoms. The number of anilines is 2. The lowest BCUT2D eigenvalue weighted by Gasteiger charge is -2.28. The minimum absolute atomic E-state index is 0.00212. The van der Waals surface area contributed by atoms with Gasteiger partial charge < -0.3 is 40.8 Å². The quantitative estimate of drug-likeness (QED) is 0.0458. The summed E-state index contributed by atoms with van der Waals surface area (Å²) < 4.78 is 18.5. The van der Waals surface area contributed by atoms with Gasteiger partial charge in [0.25, 0.3) is 17.7 Å². The van der Waals surface area contributed by atoms with E-state index in [0.717, 1.165) is 17.7 Å². The molecule has 4 aromatic rings. The third-order valence-electron chi connectivity index (χ3n) is 12.1. The van der Waals surface area contributed by atoms with Crippen molar-refractivity contribution >= 4 is 57.9 Å². The van der Waals surface area contributed by atoms with Crippen molar-refractivity contribution < 1.29 is 43.0 Å². The van der Waals surface area contributed by atoms with Gasteiger partial charge in [-0.05, 0) is 63.1 Å². The highest BCUT2D eigenvalue weighted by atomic mass is 16.5. The fourth-order valence-corrected chi connectivity index (χ4v) is 8.37. The molecule has 352 valence electrons. The number of aromatic nitrogens is 4. The topological polar surface area (TPSA) is 273 Å². The fraction of sp³-hybridized carbons (Fsp3) is 0.478. The fourth-order valence-electron chi connectivity index (χ4n) is 8.37. The lowest BCUT2D eigenvalue weighted by Crippen LogP contribution is -2.54. The second-order valence-corrected chi connectivity index (χ2v) is 16.8. The summed E-state index contributed by atoms with van der Waals surface area (Å²) in [7, 11) is 0. The number of nitrogens with zero attached hydrogens (tertiary/aromatic N) is 6. The molecule has 21 nitrogen and oxygen atoms in total.